The quantitative estimate of drug-likeness (QED) is 0.0222. The second kappa shape index (κ2) is 49.9. The van der Waals surface area contributed by atoms with Gasteiger partial charge in [0.05, 0.1) is 50.2 Å². The second-order valence-corrected chi connectivity index (χ2v) is 28.1. The molecular weight excluding hydrogens is 1780 g/mol. The summed E-state index contributed by atoms with van der Waals surface area (Å²) in [5.41, 5.74) is 15.1. The summed E-state index contributed by atoms with van der Waals surface area (Å²) in [4.78, 5) is 9.62. The molecule has 107 heavy (non-hydrogen) atoms. The van der Waals surface area contributed by atoms with Crippen molar-refractivity contribution in [1.29, 1.82) is 0 Å². The largest absolute Gasteiger partial charge is 1.00 e. The number of unbranched alkanes of at least 4 members (excludes halogenated alkanes) is 21. The number of hydrogen-bond acceptors (Lipinski definition) is 6. The Hall–Kier alpha value is -6.14. The highest BCUT2D eigenvalue weighted by Crippen LogP contribution is 2.30. The van der Waals surface area contributed by atoms with E-state index in [4.69, 9.17) is 28.9 Å². The van der Waals surface area contributed by atoms with E-state index in [-0.39, 0.29) is 101 Å². The molecule has 0 aliphatic carbocycles. The van der Waals surface area contributed by atoms with Crippen molar-refractivity contribution in [3.8, 4) is 23.0 Å². The highest BCUT2D eigenvalue weighted by Gasteiger charge is 2.19. The van der Waals surface area contributed by atoms with Gasteiger partial charge in [-0.1, -0.05) is 188 Å². The fraction of sp³-hybridized carbons (Fsp3) is 0.413. The summed E-state index contributed by atoms with van der Waals surface area (Å²) in [7, 11) is 15.8. The SMILES string of the molecule is COc1cc(CCCCCCCCCCc2cc(OC)c3ccccc3[n+]2C)[n+](C)c2ccccc12.COc1cc(CCCCCCCCCCc2cc(OC)c3ccccc3n2)nc2ccccc12.C[n+]1c(CCCCCCCCCCc2ccc3ccccc3[n+]2C)ccc2ccccc21.O.[I-].[I-].[I-].[I-]. The Bertz CT molecular complexity index is 4330. The smallest absolute Gasteiger partial charge is 0.216 e. The van der Waals surface area contributed by atoms with Crippen molar-refractivity contribution in [3.05, 3.63) is 228 Å². The first-order valence-electron chi connectivity index (χ1n) is 38.6. The zero-order chi connectivity index (χ0) is 71.1. The summed E-state index contributed by atoms with van der Waals surface area (Å²) in [6.07, 6.45) is 37.9. The third kappa shape index (κ3) is 26.8. The van der Waals surface area contributed by atoms with Gasteiger partial charge in [-0.05, 0) is 112 Å². The van der Waals surface area contributed by atoms with Crippen molar-refractivity contribution in [3.63, 3.8) is 0 Å². The summed E-state index contributed by atoms with van der Waals surface area (Å²) < 4.78 is 31.8. The van der Waals surface area contributed by atoms with Crippen molar-refractivity contribution in [2.45, 2.75) is 193 Å². The van der Waals surface area contributed by atoms with E-state index in [1.807, 2.05) is 24.3 Å². The number of halogens is 4. The molecule has 6 aromatic carbocycles. The summed E-state index contributed by atoms with van der Waals surface area (Å²) in [5, 5.41) is 7.19. The lowest BCUT2D eigenvalue weighted by Crippen LogP contribution is -3.00. The van der Waals surface area contributed by atoms with Crippen LogP contribution in [0.3, 0.4) is 0 Å². The number of methoxy groups -OCH3 is 4. The topological polar surface area (TPSA) is 110 Å². The number of ether oxygens (including phenoxy) is 4. The molecule has 0 fully saturated rings. The Morgan fingerprint density at radius 1 is 0.243 bits per heavy atom. The van der Waals surface area contributed by atoms with Gasteiger partial charge in [0, 0.05) is 119 Å². The maximum absolute atomic E-state index is 5.66. The molecule has 0 aliphatic rings. The molecule has 12 aromatic rings. The van der Waals surface area contributed by atoms with Crippen LogP contribution in [-0.4, -0.2) is 43.9 Å². The van der Waals surface area contributed by atoms with Gasteiger partial charge in [-0.15, -0.1) is 0 Å². The molecule has 0 radical (unpaired) electrons. The Morgan fingerprint density at radius 2 is 0.486 bits per heavy atom. The fourth-order valence-corrected chi connectivity index (χ4v) is 15.0. The molecule has 0 spiro atoms. The van der Waals surface area contributed by atoms with Gasteiger partial charge in [-0.3, -0.25) is 9.97 Å². The molecule has 15 heteroatoms. The molecule has 12 rings (SSSR count). The van der Waals surface area contributed by atoms with Gasteiger partial charge in [-0.2, -0.15) is 18.3 Å². The van der Waals surface area contributed by atoms with Gasteiger partial charge in [0.15, 0.2) is 22.8 Å². The average molecular weight is 1900 g/mol. The first-order chi connectivity index (χ1) is 50.2. The molecule has 0 saturated heterocycles. The Morgan fingerprint density at radius 3 is 0.813 bits per heavy atom. The van der Waals surface area contributed by atoms with E-state index in [1.165, 1.54) is 233 Å². The van der Waals surface area contributed by atoms with Crippen molar-refractivity contribution in [2.24, 2.45) is 28.2 Å². The van der Waals surface area contributed by atoms with E-state index in [2.05, 4.69) is 216 Å². The summed E-state index contributed by atoms with van der Waals surface area (Å²) in [6, 6.07) is 68.5. The highest BCUT2D eigenvalue weighted by molar-refractivity contribution is 5.87. The molecule has 11 nitrogen and oxygen atoms in total. The van der Waals surface area contributed by atoms with Crippen LogP contribution in [0.1, 0.15) is 188 Å². The van der Waals surface area contributed by atoms with Crippen LogP contribution in [0, 0.1) is 0 Å². The standard InChI is InChI=1S/C32H42N2O2.C30H36N2O2.C30H38N2.4HI.H2O/c1-33-25(23-31(35-3)27-19-13-15-21-29(27)33)17-11-9-7-5-6-8-10-12-18-26-24-32(36-4)28-20-14-16-22-30(28)34(26)2;1-33-29-21-23(31-27-19-13-11-17-25(27)29)15-9-7-5-3-4-6-8-10-16-24-22-30(34-2)26-18-12-14-20-28(26)32-24;1-31-27(23-21-25-15-11-13-19-29(25)31)17-9-7-5-3-4-6-8-10-18-28-24-22-26-16-12-14-20-30(26)32(28)2;;;;;/h13-16,19-24H,5-12,17-18H2,1-4H3;11-14,17-22H,3-10,15-16H2,1-2H3;11-16,19-24H,3-10,17-18H2,1-2H3;4*1H;1H2/q+2;;+2;;;;;/p-4. The van der Waals surface area contributed by atoms with Crippen molar-refractivity contribution >= 4 is 65.4 Å². The van der Waals surface area contributed by atoms with Crippen LogP contribution in [0.25, 0.3) is 65.4 Å². The van der Waals surface area contributed by atoms with Crippen LogP contribution in [-0.2, 0) is 66.7 Å². The predicted octanol–water partition coefficient (Wildman–Crippen LogP) is 8.01. The first kappa shape index (κ1) is 91.5. The fourth-order valence-electron chi connectivity index (χ4n) is 15.0. The Labute approximate surface area is 707 Å². The summed E-state index contributed by atoms with van der Waals surface area (Å²) >= 11 is 0. The number of hydrogen-bond donors (Lipinski definition) is 0. The van der Waals surface area contributed by atoms with Crippen molar-refractivity contribution in [1.82, 2.24) is 9.97 Å². The molecule has 0 atom stereocenters. The number of para-hydroxylation sites is 6. The molecule has 0 bridgehead atoms. The Kier molecular flexibility index (Phi) is 42.7. The Balaban J connectivity index is 0.000000282. The monoisotopic (exact) mass is 1890 g/mol. The summed E-state index contributed by atoms with van der Waals surface area (Å²) in [5.74, 6) is 3.82. The molecular formula is C92H118I4N6O5. The van der Waals surface area contributed by atoms with Gasteiger partial charge >= 0.3 is 0 Å². The van der Waals surface area contributed by atoms with Gasteiger partial charge in [0.2, 0.25) is 22.1 Å². The van der Waals surface area contributed by atoms with E-state index in [0.29, 0.717) is 0 Å². The molecule has 0 unspecified atom stereocenters. The zero-order valence-electron chi connectivity index (χ0n) is 65.0. The predicted molar refractivity (Wildman–Crippen MR) is 427 cm³/mol. The lowest BCUT2D eigenvalue weighted by atomic mass is 10.0. The number of nitrogens with zero attached hydrogens (tertiary/aromatic N) is 6. The van der Waals surface area contributed by atoms with Crippen molar-refractivity contribution in [2.75, 3.05) is 28.4 Å². The first-order valence-corrected chi connectivity index (χ1v) is 38.6. The van der Waals surface area contributed by atoms with E-state index in [1.54, 1.807) is 28.4 Å². The number of benzene rings is 6. The van der Waals surface area contributed by atoms with Gasteiger partial charge in [-0.25, -0.2) is 0 Å². The van der Waals surface area contributed by atoms with Crippen LogP contribution in [0.4, 0.5) is 0 Å². The maximum Gasteiger partial charge on any atom is 0.216 e. The molecule has 0 saturated carbocycles. The number of fused-ring (bicyclic) bond motifs is 6. The molecule has 0 aliphatic heterocycles. The van der Waals surface area contributed by atoms with Gasteiger partial charge < -0.3 is 120 Å². The number of rotatable bonds is 37. The van der Waals surface area contributed by atoms with E-state index in [9.17, 15) is 0 Å². The number of aromatic nitrogens is 6. The van der Waals surface area contributed by atoms with Crippen LogP contribution < -0.4 is 133 Å². The lowest BCUT2D eigenvalue weighted by molar-refractivity contribution is -0.653. The molecule has 6 aromatic heterocycles. The third-order valence-corrected chi connectivity index (χ3v) is 21.1. The highest BCUT2D eigenvalue weighted by atomic mass is 127. The number of pyridine rings is 6. The van der Waals surface area contributed by atoms with E-state index in [0.717, 1.165) is 81.9 Å². The van der Waals surface area contributed by atoms with Gasteiger partial charge in [0.25, 0.3) is 0 Å². The zero-order valence-corrected chi connectivity index (χ0v) is 73.6. The molecule has 574 valence electrons. The van der Waals surface area contributed by atoms with Crippen LogP contribution in [0.5, 0.6) is 23.0 Å². The van der Waals surface area contributed by atoms with Gasteiger partial charge in [0.1, 0.15) is 51.2 Å². The lowest BCUT2D eigenvalue weighted by Gasteiger charge is -2.09. The minimum Gasteiger partial charge on any atom is -1.00 e. The third-order valence-electron chi connectivity index (χ3n) is 21.1. The minimum absolute atomic E-state index is 0. The second-order valence-electron chi connectivity index (χ2n) is 28.1. The normalized spacial score (nSPS) is 10.8. The molecule has 6 heterocycles. The summed E-state index contributed by atoms with van der Waals surface area (Å²) in [6.45, 7) is 0. The maximum atomic E-state index is 5.66. The van der Waals surface area contributed by atoms with E-state index < -0.39 is 0 Å². The number of aryl methyl sites for hydroxylation is 10. The molecule has 2 N–H and O–H groups in total. The molecule has 0 amide bonds. The van der Waals surface area contributed by atoms with Crippen LogP contribution in [0.2, 0.25) is 0 Å². The van der Waals surface area contributed by atoms with E-state index >= 15 is 0 Å². The van der Waals surface area contributed by atoms with Crippen molar-refractivity contribution < 1.29 is 139 Å². The van der Waals surface area contributed by atoms with Crippen LogP contribution >= 0.6 is 0 Å². The minimum atomic E-state index is 0. The average Bonchev–Trinajstić information content (AvgIpc) is 0.817. The van der Waals surface area contributed by atoms with Crippen LogP contribution in [0.15, 0.2) is 194 Å².